The number of aryl methyl sites for hydroxylation is 1. The number of aromatic hydroxyl groups is 1. The van der Waals surface area contributed by atoms with E-state index in [-0.39, 0.29) is 11.3 Å². The van der Waals surface area contributed by atoms with Gasteiger partial charge in [0.2, 0.25) is 0 Å². The molecule has 0 atom stereocenters. The van der Waals surface area contributed by atoms with Crippen LogP contribution in [0.4, 0.5) is 5.82 Å². The molecule has 6 heteroatoms. The fourth-order valence-corrected chi connectivity index (χ4v) is 1.97. The number of benzene rings is 1. The lowest BCUT2D eigenvalue weighted by atomic mass is 10.1. The van der Waals surface area contributed by atoms with Gasteiger partial charge in [0.15, 0.2) is 4.77 Å². The number of anilines is 1. The molecular weight excluding hydrogens is 250 g/mol. The summed E-state index contributed by atoms with van der Waals surface area (Å²) in [6, 6.07) is 8.24. The zero-order chi connectivity index (χ0) is 13.1. The van der Waals surface area contributed by atoms with Crippen LogP contribution in [0.2, 0.25) is 0 Å². The van der Waals surface area contributed by atoms with Gasteiger partial charge in [0.1, 0.15) is 11.6 Å². The van der Waals surface area contributed by atoms with Crippen molar-refractivity contribution in [3.05, 3.63) is 51.0 Å². The zero-order valence-electron chi connectivity index (χ0n) is 9.59. The highest BCUT2D eigenvalue weighted by atomic mass is 32.1. The fraction of sp³-hybridized carbons (Fsp3) is 0.167. The van der Waals surface area contributed by atoms with Gasteiger partial charge in [-0.15, -0.1) is 0 Å². The van der Waals surface area contributed by atoms with Gasteiger partial charge < -0.3 is 15.4 Å². The van der Waals surface area contributed by atoms with E-state index in [0.717, 1.165) is 5.56 Å². The number of rotatable bonds is 3. The van der Waals surface area contributed by atoms with Crippen LogP contribution in [0.5, 0.6) is 5.75 Å². The second-order valence-electron chi connectivity index (χ2n) is 3.93. The van der Waals surface area contributed by atoms with Crippen LogP contribution in [0, 0.1) is 4.77 Å². The first-order valence-corrected chi connectivity index (χ1v) is 5.84. The highest BCUT2D eigenvalue weighted by molar-refractivity contribution is 7.71. The summed E-state index contributed by atoms with van der Waals surface area (Å²) in [5.74, 6) is 0.585. The third-order valence-corrected chi connectivity index (χ3v) is 2.95. The molecule has 4 N–H and O–H groups in total. The maximum absolute atomic E-state index is 11.1. The van der Waals surface area contributed by atoms with Crippen LogP contribution < -0.4 is 11.3 Å². The van der Waals surface area contributed by atoms with Crippen LogP contribution in [0.1, 0.15) is 5.56 Å². The molecule has 0 aliphatic rings. The van der Waals surface area contributed by atoms with E-state index in [4.69, 9.17) is 18.0 Å². The van der Waals surface area contributed by atoms with Gasteiger partial charge in [-0.25, -0.2) is 0 Å². The van der Waals surface area contributed by atoms with Crippen molar-refractivity contribution >= 4 is 18.0 Å². The lowest BCUT2D eigenvalue weighted by Gasteiger charge is -2.09. The first-order chi connectivity index (χ1) is 8.56. The Balaban J connectivity index is 2.18. The number of nitrogens with one attached hydrogen (secondary N) is 1. The molecule has 2 aromatic rings. The lowest BCUT2D eigenvalue weighted by Crippen LogP contribution is -2.17. The van der Waals surface area contributed by atoms with Gasteiger partial charge in [-0.05, 0) is 36.3 Å². The number of nitrogens with zero attached hydrogens (tertiary/aromatic N) is 1. The molecule has 0 unspecified atom stereocenters. The molecule has 1 heterocycles. The standard InChI is InChI=1S/C12H13N3O2S/c13-10-7-11(17)14-12(18)15(10)6-5-8-1-3-9(16)4-2-8/h1-4,7,16H,5-6,13H2,(H,14,17,18). The molecule has 0 spiro atoms. The number of phenolic OH excluding ortho intramolecular Hbond substituents is 1. The van der Waals surface area contributed by atoms with Gasteiger partial charge in [0, 0.05) is 12.6 Å². The van der Waals surface area contributed by atoms with E-state index in [9.17, 15) is 9.90 Å². The van der Waals surface area contributed by atoms with Crippen molar-refractivity contribution in [1.29, 1.82) is 0 Å². The predicted octanol–water partition coefficient (Wildman–Crippen LogP) is 1.44. The minimum Gasteiger partial charge on any atom is -0.508 e. The Morgan fingerprint density at radius 1 is 1.33 bits per heavy atom. The molecule has 0 fully saturated rings. The summed E-state index contributed by atoms with van der Waals surface area (Å²) in [5.41, 5.74) is 6.51. The van der Waals surface area contributed by atoms with Gasteiger partial charge >= 0.3 is 0 Å². The third-order valence-electron chi connectivity index (χ3n) is 2.63. The summed E-state index contributed by atoms with van der Waals surface area (Å²) in [7, 11) is 0. The van der Waals surface area contributed by atoms with E-state index in [1.54, 1.807) is 16.7 Å². The zero-order valence-corrected chi connectivity index (χ0v) is 10.4. The van der Waals surface area contributed by atoms with E-state index in [1.807, 2.05) is 12.1 Å². The smallest absolute Gasteiger partial charge is 0.253 e. The van der Waals surface area contributed by atoms with E-state index in [2.05, 4.69) is 4.98 Å². The quantitative estimate of drug-likeness (QED) is 0.732. The Morgan fingerprint density at radius 3 is 2.61 bits per heavy atom. The lowest BCUT2D eigenvalue weighted by molar-refractivity contribution is 0.475. The second-order valence-corrected chi connectivity index (χ2v) is 4.32. The SMILES string of the molecule is Nc1cc(=O)[nH]c(=S)n1CCc1ccc(O)cc1. The number of hydrogen-bond donors (Lipinski definition) is 3. The second kappa shape index (κ2) is 5.05. The summed E-state index contributed by atoms with van der Waals surface area (Å²) < 4.78 is 1.99. The number of phenols is 1. The van der Waals surface area contributed by atoms with Crippen molar-refractivity contribution < 1.29 is 5.11 Å². The van der Waals surface area contributed by atoms with Crippen molar-refractivity contribution in [1.82, 2.24) is 9.55 Å². The van der Waals surface area contributed by atoms with Crippen LogP contribution in [-0.4, -0.2) is 14.7 Å². The van der Waals surface area contributed by atoms with Crippen LogP contribution in [0.3, 0.4) is 0 Å². The molecule has 1 aromatic carbocycles. The first kappa shape index (κ1) is 12.4. The molecular formula is C12H13N3O2S. The Morgan fingerprint density at radius 2 is 2.00 bits per heavy atom. The minimum absolute atomic E-state index is 0.235. The fourth-order valence-electron chi connectivity index (χ4n) is 1.67. The summed E-state index contributed by atoms with van der Waals surface area (Å²) in [6.45, 7) is 0.576. The third kappa shape index (κ3) is 2.78. The van der Waals surface area contributed by atoms with Crippen LogP contribution in [-0.2, 0) is 13.0 Å². The van der Waals surface area contributed by atoms with E-state index >= 15 is 0 Å². The largest absolute Gasteiger partial charge is 0.508 e. The summed E-state index contributed by atoms with van der Waals surface area (Å²) in [4.78, 5) is 13.7. The summed E-state index contributed by atoms with van der Waals surface area (Å²) in [6.07, 6.45) is 0.713. The molecule has 0 amide bonds. The monoisotopic (exact) mass is 263 g/mol. The molecule has 18 heavy (non-hydrogen) atoms. The minimum atomic E-state index is -0.293. The number of nitrogens with two attached hydrogens (primary N) is 1. The normalized spacial score (nSPS) is 10.4. The van der Waals surface area contributed by atoms with Gasteiger partial charge in [-0.1, -0.05) is 12.1 Å². The molecule has 0 radical (unpaired) electrons. The number of H-pyrrole nitrogens is 1. The summed E-state index contributed by atoms with van der Waals surface area (Å²) in [5, 5.41) is 9.18. The van der Waals surface area contributed by atoms with Crippen molar-refractivity contribution in [3.8, 4) is 5.75 Å². The first-order valence-electron chi connectivity index (χ1n) is 5.44. The molecule has 5 nitrogen and oxygen atoms in total. The Hall–Kier alpha value is -2.08. The average Bonchev–Trinajstić information content (AvgIpc) is 2.30. The van der Waals surface area contributed by atoms with Gasteiger partial charge in [0.25, 0.3) is 5.56 Å². The molecule has 0 bridgehead atoms. The van der Waals surface area contributed by atoms with Gasteiger partial charge in [-0.3, -0.25) is 9.78 Å². The topological polar surface area (TPSA) is 84.0 Å². The number of aromatic nitrogens is 2. The van der Waals surface area contributed by atoms with Crippen molar-refractivity contribution in [2.45, 2.75) is 13.0 Å². The van der Waals surface area contributed by atoms with E-state index < -0.39 is 0 Å². The molecule has 0 saturated carbocycles. The number of nitrogen functional groups attached to an aromatic ring is 1. The molecule has 94 valence electrons. The molecule has 0 aliphatic carbocycles. The number of hydrogen-bond acceptors (Lipinski definition) is 4. The van der Waals surface area contributed by atoms with E-state index in [1.165, 1.54) is 6.07 Å². The molecule has 1 aromatic heterocycles. The van der Waals surface area contributed by atoms with Gasteiger partial charge in [0.05, 0.1) is 0 Å². The van der Waals surface area contributed by atoms with E-state index in [0.29, 0.717) is 23.6 Å². The predicted molar refractivity (Wildman–Crippen MR) is 72.1 cm³/mol. The van der Waals surface area contributed by atoms with Gasteiger partial charge in [-0.2, -0.15) is 0 Å². The Kier molecular flexibility index (Phi) is 3.47. The van der Waals surface area contributed by atoms with Crippen molar-refractivity contribution in [2.24, 2.45) is 0 Å². The van der Waals surface area contributed by atoms with Crippen molar-refractivity contribution in [2.75, 3.05) is 5.73 Å². The molecule has 0 saturated heterocycles. The maximum Gasteiger partial charge on any atom is 0.253 e. The highest BCUT2D eigenvalue weighted by Gasteiger charge is 2.01. The maximum atomic E-state index is 11.1. The van der Waals surface area contributed by atoms with Crippen molar-refractivity contribution in [3.63, 3.8) is 0 Å². The molecule has 2 rings (SSSR count). The Labute approximate surface area is 109 Å². The Bertz CT molecular complexity index is 658. The molecule has 0 aliphatic heterocycles. The van der Waals surface area contributed by atoms with Crippen LogP contribution >= 0.6 is 12.2 Å². The van der Waals surface area contributed by atoms with Crippen LogP contribution in [0.25, 0.3) is 0 Å². The number of aromatic amines is 1. The van der Waals surface area contributed by atoms with Crippen LogP contribution in [0.15, 0.2) is 35.1 Å². The summed E-state index contributed by atoms with van der Waals surface area (Å²) >= 11 is 5.05. The highest BCUT2D eigenvalue weighted by Crippen LogP contribution is 2.11. The average molecular weight is 263 g/mol.